The van der Waals surface area contributed by atoms with Gasteiger partial charge in [-0.3, -0.25) is 9.78 Å². The third-order valence-electron chi connectivity index (χ3n) is 3.27. The van der Waals surface area contributed by atoms with E-state index >= 15 is 0 Å². The number of aromatic nitrogens is 2. The number of nitrogens with zero attached hydrogens (tertiary/aromatic N) is 3. The van der Waals surface area contributed by atoms with Crippen LogP contribution >= 0.6 is 0 Å². The Bertz CT molecular complexity index is 504. The smallest absolute Gasteiger partial charge is 0.274 e. The van der Waals surface area contributed by atoms with Crippen molar-refractivity contribution in [2.45, 2.75) is 45.8 Å². The van der Waals surface area contributed by atoms with E-state index in [1.54, 1.807) is 11.1 Å². The molecule has 1 aromatic heterocycles. The summed E-state index contributed by atoms with van der Waals surface area (Å²) in [7, 11) is 0. The lowest BCUT2D eigenvalue weighted by Gasteiger charge is -2.41. The van der Waals surface area contributed by atoms with Gasteiger partial charge in [-0.25, -0.2) is 4.98 Å². The minimum absolute atomic E-state index is 0.0204. The van der Waals surface area contributed by atoms with Gasteiger partial charge in [-0.15, -0.1) is 0 Å². The normalized spacial score (nSPS) is 21.1. The van der Waals surface area contributed by atoms with Crippen molar-refractivity contribution in [1.82, 2.24) is 14.9 Å². The molecule has 21 heavy (non-hydrogen) atoms. The van der Waals surface area contributed by atoms with Crippen LogP contribution in [0.4, 0.5) is 5.82 Å². The molecule has 0 spiro atoms. The van der Waals surface area contributed by atoms with Crippen LogP contribution < -0.4 is 5.32 Å². The van der Waals surface area contributed by atoms with Crippen molar-refractivity contribution < 1.29 is 9.53 Å². The van der Waals surface area contributed by atoms with Crippen molar-refractivity contribution in [2.75, 3.05) is 25.0 Å². The lowest BCUT2D eigenvalue weighted by atomic mass is 10.1. The molecule has 0 saturated carbocycles. The minimum atomic E-state index is -0.334. The lowest BCUT2D eigenvalue weighted by molar-refractivity contribution is -0.118. The molecule has 0 aromatic carbocycles. The maximum absolute atomic E-state index is 12.6. The Morgan fingerprint density at radius 1 is 1.52 bits per heavy atom. The molecule has 2 heterocycles. The predicted molar refractivity (Wildman–Crippen MR) is 81.3 cm³/mol. The topological polar surface area (TPSA) is 67.4 Å². The maximum Gasteiger partial charge on any atom is 0.274 e. The van der Waals surface area contributed by atoms with Crippen LogP contribution in [0.25, 0.3) is 0 Å². The van der Waals surface area contributed by atoms with Gasteiger partial charge >= 0.3 is 0 Å². The van der Waals surface area contributed by atoms with Gasteiger partial charge in [0.2, 0.25) is 0 Å². The van der Waals surface area contributed by atoms with Crippen LogP contribution in [0.15, 0.2) is 12.4 Å². The van der Waals surface area contributed by atoms with Gasteiger partial charge in [0, 0.05) is 19.6 Å². The van der Waals surface area contributed by atoms with Crippen LogP contribution in [-0.4, -0.2) is 52.1 Å². The molecule has 1 aromatic rings. The van der Waals surface area contributed by atoms with Gasteiger partial charge < -0.3 is 15.0 Å². The standard InChI is InChI=1S/C15H24N4O2/c1-5-6-17-13-8-16-7-12(18-13)14(20)19-9-11(2)21-15(3,4)10-19/h7-8,11H,5-6,9-10H2,1-4H3,(H,17,18). The zero-order valence-electron chi connectivity index (χ0n) is 13.2. The highest BCUT2D eigenvalue weighted by molar-refractivity contribution is 5.92. The summed E-state index contributed by atoms with van der Waals surface area (Å²) in [5.41, 5.74) is 0.0414. The van der Waals surface area contributed by atoms with Gasteiger partial charge in [-0.05, 0) is 27.2 Å². The fraction of sp³-hybridized carbons (Fsp3) is 0.667. The van der Waals surface area contributed by atoms with E-state index < -0.39 is 0 Å². The monoisotopic (exact) mass is 292 g/mol. The molecule has 6 nitrogen and oxygen atoms in total. The van der Waals surface area contributed by atoms with Gasteiger partial charge in [0.05, 0.1) is 24.1 Å². The summed E-state index contributed by atoms with van der Waals surface area (Å²) in [4.78, 5) is 22.9. The Morgan fingerprint density at radius 2 is 2.29 bits per heavy atom. The van der Waals surface area contributed by atoms with E-state index in [0.29, 0.717) is 24.6 Å². The van der Waals surface area contributed by atoms with Gasteiger partial charge in [-0.1, -0.05) is 6.92 Å². The average Bonchev–Trinajstić information content (AvgIpc) is 2.42. The van der Waals surface area contributed by atoms with Crippen molar-refractivity contribution >= 4 is 11.7 Å². The molecule has 0 aliphatic carbocycles. The molecule has 1 aliphatic rings. The molecule has 2 rings (SSSR count). The van der Waals surface area contributed by atoms with Crippen molar-refractivity contribution in [3.63, 3.8) is 0 Å². The van der Waals surface area contributed by atoms with E-state index in [9.17, 15) is 4.79 Å². The molecular formula is C15H24N4O2. The van der Waals surface area contributed by atoms with Gasteiger partial charge in [-0.2, -0.15) is 0 Å². The first-order valence-corrected chi connectivity index (χ1v) is 7.44. The van der Waals surface area contributed by atoms with E-state index in [1.807, 2.05) is 20.8 Å². The first kappa shape index (κ1) is 15.7. The zero-order chi connectivity index (χ0) is 15.5. The number of hydrogen-bond donors (Lipinski definition) is 1. The fourth-order valence-electron chi connectivity index (χ4n) is 2.58. The van der Waals surface area contributed by atoms with E-state index in [4.69, 9.17) is 4.74 Å². The number of carbonyl (C=O) groups is 1. The average molecular weight is 292 g/mol. The molecule has 116 valence electrons. The van der Waals surface area contributed by atoms with Crippen LogP contribution in [0, 0.1) is 0 Å². The van der Waals surface area contributed by atoms with E-state index in [1.165, 1.54) is 6.20 Å². The maximum atomic E-state index is 12.6. The van der Waals surface area contributed by atoms with E-state index in [-0.39, 0.29) is 17.6 Å². The molecule has 1 amide bonds. The first-order valence-electron chi connectivity index (χ1n) is 7.44. The lowest BCUT2D eigenvalue weighted by Crippen LogP contribution is -2.53. The highest BCUT2D eigenvalue weighted by atomic mass is 16.5. The minimum Gasteiger partial charge on any atom is -0.369 e. The third kappa shape index (κ3) is 4.14. The highest BCUT2D eigenvalue weighted by Gasteiger charge is 2.34. The summed E-state index contributed by atoms with van der Waals surface area (Å²) in [6.07, 6.45) is 4.17. The SMILES string of the molecule is CCCNc1cncc(C(=O)N2CC(C)OC(C)(C)C2)n1. The molecular weight excluding hydrogens is 268 g/mol. The Morgan fingerprint density at radius 3 is 2.95 bits per heavy atom. The van der Waals surface area contributed by atoms with Crippen molar-refractivity contribution in [1.29, 1.82) is 0 Å². The molecule has 1 saturated heterocycles. The van der Waals surface area contributed by atoms with Crippen molar-refractivity contribution in [2.24, 2.45) is 0 Å². The summed E-state index contributed by atoms with van der Waals surface area (Å²) in [5.74, 6) is 0.550. The molecule has 1 fully saturated rings. The van der Waals surface area contributed by atoms with E-state index in [2.05, 4.69) is 22.2 Å². The number of hydrogen-bond acceptors (Lipinski definition) is 5. The first-order chi connectivity index (χ1) is 9.91. The number of amides is 1. The Hall–Kier alpha value is -1.69. The van der Waals surface area contributed by atoms with E-state index in [0.717, 1.165) is 13.0 Å². The summed E-state index contributed by atoms with van der Waals surface area (Å²) in [6, 6.07) is 0. The molecule has 0 bridgehead atoms. The third-order valence-corrected chi connectivity index (χ3v) is 3.27. The molecule has 1 unspecified atom stereocenters. The molecule has 1 N–H and O–H groups in total. The second-order valence-electron chi connectivity index (χ2n) is 6.09. The second kappa shape index (κ2) is 6.39. The summed E-state index contributed by atoms with van der Waals surface area (Å²) in [6.45, 7) is 10.00. The summed E-state index contributed by atoms with van der Waals surface area (Å²) < 4.78 is 5.82. The van der Waals surface area contributed by atoms with Crippen LogP contribution in [-0.2, 0) is 4.74 Å². The van der Waals surface area contributed by atoms with Gasteiger partial charge in [0.25, 0.3) is 5.91 Å². The molecule has 0 radical (unpaired) electrons. The Balaban J connectivity index is 2.12. The van der Waals surface area contributed by atoms with Crippen molar-refractivity contribution in [3.8, 4) is 0 Å². The number of rotatable bonds is 4. The molecule has 6 heteroatoms. The largest absolute Gasteiger partial charge is 0.369 e. The molecule has 1 atom stereocenters. The van der Waals surface area contributed by atoms with Gasteiger partial charge in [0.15, 0.2) is 0 Å². The summed E-state index contributed by atoms with van der Waals surface area (Å²) >= 11 is 0. The number of morpholine rings is 1. The predicted octanol–water partition coefficient (Wildman–Crippen LogP) is 1.94. The number of ether oxygens (including phenoxy) is 1. The number of carbonyl (C=O) groups excluding carboxylic acids is 1. The van der Waals surface area contributed by atoms with Crippen LogP contribution in [0.1, 0.15) is 44.6 Å². The van der Waals surface area contributed by atoms with Crippen LogP contribution in [0.2, 0.25) is 0 Å². The van der Waals surface area contributed by atoms with Crippen LogP contribution in [0.3, 0.4) is 0 Å². The number of nitrogens with one attached hydrogen (secondary N) is 1. The highest BCUT2D eigenvalue weighted by Crippen LogP contribution is 2.22. The fourth-order valence-corrected chi connectivity index (χ4v) is 2.58. The quantitative estimate of drug-likeness (QED) is 0.918. The van der Waals surface area contributed by atoms with Crippen LogP contribution in [0.5, 0.6) is 0 Å². The van der Waals surface area contributed by atoms with Crippen molar-refractivity contribution in [3.05, 3.63) is 18.1 Å². The number of anilines is 1. The zero-order valence-corrected chi connectivity index (χ0v) is 13.2. The van der Waals surface area contributed by atoms with Gasteiger partial charge in [0.1, 0.15) is 11.5 Å². The molecule has 1 aliphatic heterocycles. The second-order valence-corrected chi connectivity index (χ2v) is 6.09. The Labute approximate surface area is 125 Å². The summed E-state index contributed by atoms with van der Waals surface area (Å²) in [5, 5.41) is 3.15. The Kier molecular flexibility index (Phi) is 4.77.